The van der Waals surface area contributed by atoms with E-state index in [1.54, 1.807) is 0 Å². The van der Waals surface area contributed by atoms with Crippen LogP contribution in [0.15, 0.2) is 27.0 Å². The molecule has 38 heavy (non-hydrogen) atoms. The molecular formula is C20H22N8O7S3. The van der Waals surface area contributed by atoms with E-state index in [1.807, 2.05) is 6.92 Å². The zero-order valence-electron chi connectivity index (χ0n) is 20.2. The third-order valence-corrected chi connectivity index (χ3v) is 8.45. The number of rotatable bonds is 10. The topological polar surface area (TPSA) is 204 Å². The number of nitrogens with two attached hydrogens (primary N) is 1. The summed E-state index contributed by atoms with van der Waals surface area (Å²) >= 11 is 3.62. The number of ether oxygens (including phenoxy) is 1. The van der Waals surface area contributed by atoms with Gasteiger partial charge in [-0.25, -0.2) is 19.3 Å². The maximum absolute atomic E-state index is 13.0. The highest BCUT2D eigenvalue weighted by Gasteiger charge is 2.54. The number of methoxy groups -OCH3 is 1. The Bertz CT molecular complexity index is 1350. The number of aliphatic carboxylic acids is 1. The van der Waals surface area contributed by atoms with E-state index in [1.165, 1.54) is 47.8 Å². The minimum absolute atomic E-state index is 0.101. The molecule has 202 valence electrons. The van der Waals surface area contributed by atoms with Crippen molar-refractivity contribution in [2.24, 2.45) is 5.16 Å². The second-order valence-corrected chi connectivity index (χ2v) is 10.6. The van der Waals surface area contributed by atoms with Crippen molar-refractivity contribution in [3.63, 3.8) is 0 Å². The minimum atomic E-state index is -1.27. The fourth-order valence-electron chi connectivity index (χ4n) is 3.67. The molecule has 0 spiro atoms. The van der Waals surface area contributed by atoms with Crippen LogP contribution in [0.25, 0.3) is 0 Å². The van der Waals surface area contributed by atoms with Gasteiger partial charge in [0.15, 0.2) is 16.0 Å². The normalized spacial score (nSPS) is 19.1. The SMILES string of the molecule is CCn1nc(C(=O)OC)nc1SCC1=C(C(=O)O)N2C(=O)[C@@H](NC(=O)/C(=N\OC)c3csc(N)n3)[C@H]2SC1. The van der Waals surface area contributed by atoms with Crippen LogP contribution in [0, 0.1) is 0 Å². The number of carboxylic acid groups (broad SMARTS) is 1. The van der Waals surface area contributed by atoms with Crippen molar-refractivity contribution >= 4 is 69.5 Å². The zero-order valence-corrected chi connectivity index (χ0v) is 22.7. The number of nitrogen functional groups attached to an aromatic ring is 1. The van der Waals surface area contributed by atoms with Gasteiger partial charge in [0.05, 0.1) is 7.11 Å². The van der Waals surface area contributed by atoms with Gasteiger partial charge in [0, 0.05) is 23.4 Å². The first-order valence-electron chi connectivity index (χ1n) is 10.9. The zero-order chi connectivity index (χ0) is 27.6. The number of nitrogens with zero attached hydrogens (tertiary/aromatic N) is 6. The maximum Gasteiger partial charge on any atom is 0.377 e. The predicted molar refractivity (Wildman–Crippen MR) is 138 cm³/mol. The third kappa shape index (κ3) is 5.18. The molecule has 2 aliphatic rings. The van der Waals surface area contributed by atoms with E-state index in [9.17, 15) is 24.3 Å². The summed E-state index contributed by atoms with van der Waals surface area (Å²) in [6, 6.07) is -0.972. The number of carbonyl (C=O) groups excluding carboxylic acids is 3. The highest BCUT2D eigenvalue weighted by molar-refractivity contribution is 8.01. The molecule has 4 rings (SSSR count). The summed E-state index contributed by atoms with van der Waals surface area (Å²) in [4.78, 5) is 63.9. The molecule has 0 aromatic carbocycles. The Morgan fingerprint density at radius 3 is 2.71 bits per heavy atom. The van der Waals surface area contributed by atoms with Crippen molar-refractivity contribution in [2.45, 2.75) is 30.0 Å². The Labute approximate surface area is 227 Å². The van der Waals surface area contributed by atoms with Gasteiger partial charge in [0.25, 0.3) is 17.6 Å². The van der Waals surface area contributed by atoms with Gasteiger partial charge in [-0.05, 0) is 12.5 Å². The molecule has 4 heterocycles. The first kappa shape index (κ1) is 27.4. The van der Waals surface area contributed by atoms with Crippen LogP contribution in [0.4, 0.5) is 5.13 Å². The van der Waals surface area contributed by atoms with Crippen LogP contribution in [0.3, 0.4) is 0 Å². The van der Waals surface area contributed by atoms with E-state index < -0.39 is 35.2 Å². The molecule has 1 fully saturated rings. The lowest BCUT2D eigenvalue weighted by molar-refractivity contribution is -0.150. The van der Waals surface area contributed by atoms with Gasteiger partial charge < -0.3 is 25.7 Å². The summed E-state index contributed by atoms with van der Waals surface area (Å²) < 4.78 is 6.16. The van der Waals surface area contributed by atoms with Crippen LogP contribution in [0.2, 0.25) is 0 Å². The average molecular weight is 583 g/mol. The van der Waals surface area contributed by atoms with Crippen molar-refractivity contribution in [3.05, 3.63) is 28.2 Å². The van der Waals surface area contributed by atoms with Gasteiger partial charge in [-0.3, -0.25) is 14.5 Å². The lowest BCUT2D eigenvalue weighted by Crippen LogP contribution is -2.71. The van der Waals surface area contributed by atoms with Gasteiger partial charge in [-0.1, -0.05) is 16.9 Å². The number of thiazole rings is 1. The first-order chi connectivity index (χ1) is 18.2. The molecule has 2 atom stereocenters. The molecular weight excluding hydrogens is 560 g/mol. The molecule has 2 amide bonds. The third-order valence-electron chi connectivity index (χ3n) is 5.38. The summed E-state index contributed by atoms with van der Waals surface area (Å²) in [5, 5.41) is 21.9. The molecule has 0 radical (unpaired) electrons. The first-order valence-corrected chi connectivity index (χ1v) is 13.8. The Balaban J connectivity index is 1.50. The van der Waals surface area contributed by atoms with Crippen molar-refractivity contribution < 1.29 is 33.9 Å². The molecule has 2 aromatic heterocycles. The largest absolute Gasteiger partial charge is 0.477 e. The fourth-order valence-corrected chi connectivity index (χ4v) is 6.70. The molecule has 15 nitrogen and oxygen atoms in total. The Morgan fingerprint density at radius 1 is 1.34 bits per heavy atom. The maximum atomic E-state index is 13.0. The number of thioether (sulfide) groups is 2. The van der Waals surface area contributed by atoms with Crippen LogP contribution in [-0.4, -0.2) is 96.4 Å². The van der Waals surface area contributed by atoms with Crippen molar-refractivity contribution in [3.8, 4) is 0 Å². The van der Waals surface area contributed by atoms with E-state index in [0.717, 1.165) is 16.2 Å². The van der Waals surface area contributed by atoms with E-state index in [0.29, 0.717) is 23.0 Å². The van der Waals surface area contributed by atoms with Crippen molar-refractivity contribution in [2.75, 3.05) is 31.5 Å². The van der Waals surface area contributed by atoms with Crippen LogP contribution in [-0.2, 0) is 30.5 Å². The van der Waals surface area contributed by atoms with Gasteiger partial charge >= 0.3 is 11.9 Å². The molecule has 18 heteroatoms. The number of oxime groups is 1. The molecule has 0 saturated carbocycles. The van der Waals surface area contributed by atoms with Crippen LogP contribution < -0.4 is 11.1 Å². The van der Waals surface area contributed by atoms with Gasteiger partial charge in [0.2, 0.25) is 0 Å². The van der Waals surface area contributed by atoms with Crippen LogP contribution in [0.1, 0.15) is 23.2 Å². The summed E-state index contributed by atoms with van der Waals surface area (Å²) in [5.74, 6) is -2.85. The molecule has 0 aliphatic carbocycles. The minimum Gasteiger partial charge on any atom is -0.477 e. The van der Waals surface area contributed by atoms with E-state index in [2.05, 4.69) is 30.3 Å². The second-order valence-electron chi connectivity index (χ2n) is 7.63. The lowest BCUT2D eigenvalue weighted by atomic mass is 10.0. The Morgan fingerprint density at radius 2 is 2.11 bits per heavy atom. The number of esters is 1. The van der Waals surface area contributed by atoms with Crippen molar-refractivity contribution in [1.29, 1.82) is 0 Å². The number of hydrogen-bond acceptors (Lipinski definition) is 14. The Hall–Kier alpha value is -3.64. The number of aromatic nitrogens is 4. The second kappa shape index (κ2) is 11.4. The highest BCUT2D eigenvalue weighted by Crippen LogP contribution is 2.41. The monoisotopic (exact) mass is 582 g/mol. The number of carbonyl (C=O) groups is 4. The molecule has 2 aromatic rings. The summed E-state index contributed by atoms with van der Waals surface area (Å²) in [5.41, 5.74) is 6.01. The Kier molecular flexibility index (Phi) is 8.22. The average Bonchev–Trinajstić information content (AvgIpc) is 3.53. The molecule has 0 unspecified atom stereocenters. The van der Waals surface area contributed by atoms with E-state index >= 15 is 0 Å². The summed E-state index contributed by atoms with van der Waals surface area (Å²) in [6.45, 7) is 2.25. The predicted octanol–water partition coefficient (Wildman–Crippen LogP) is 0.00470. The number of β-lactam (4-membered cyclic amide) rings is 1. The lowest BCUT2D eigenvalue weighted by Gasteiger charge is -2.49. The number of hydrogen-bond donors (Lipinski definition) is 3. The molecule has 4 N–H and O–H groups in total. The highest BCUT2D eigenvalue weighted by atomic mass is 32.2. The van der Waals surface area contributed by atoms with Gasteiger partial charge in [0.1, 0.15) is 29.9 Å². The smallest absolute Gasteiger partial charge is 0.377 e. The number of fused-ring (bicyclic) bond motifs is 1. The molecule has 1 saturated heterocycles. The van der Waals surface area contributed by atoms with Crippen LogP contribution >= 0.6 is 34.9 Å². The van der Waals surface area contributed by atoms with E-state index in [4.69, 9.17) is 10.6 Å². The number of amides is 2. The number of anilines is 1. The number of nitrogens with one attached hydrogen (secondary N) is 1. The summed E-state index contributed by atoms with van der Waals surface area (Å²) in [7, 11) is 2.49. The quantitative estimate of drug-likeness (QED) is 0.111. The molecule has 0 bridgehead atoms. The van der Waals surface area contributed by atoms with Gasteiger partial charge in [-0.2, -0.15) is 4.98 Å². The molecule has 2 aliphatic heterocycles. The fraction of sp³-hybridized carbons (Fsp3) is 0.400. The van der Waals surface area contributed by atoms with Crippen LogP contribution in [0.5, 0.6) is 0 Å². The van der Waals surface area contributed by atoms with Gasteiger partial charge in [-0.15, -0.1) is 28.2 Å². The summed E-state index contributed by atoms with van der Waals surface area (Å²) in [6.07, 6.45) is 0. The van der Waals surface area contributed by atoms with Crippen molar-refractivity contribution in [1.82, 2.24) is 30.0 Å². The van der Waals surface area contributed by atoms with E-state index in [-0.39, 0.29) is 33.8 Å². The standard InChI is InChI=1S/C20H22N8O7S3/c1-4-27-20(24-13(25-27)18(33)34-2)38-6-8-5-36-16-11(15(30)28(16)12(8)17(31)32)23-14(29)10(26-35-3)9-7-37-19(21)22-9/h7,11,16H,4-6H2,1-3H3,(H2,21,22)(H,23,29)(H,31,32)/b26-10-/t11-,16-/m1/s1. The number of carboxylic acids is 1. The number of aryl methyl sites for hydroxylation is 1.